The van der Waals surface area contributed by atoms with Crippen molar-refractivity contribution in [3.05, 3.63) is 40.3 Å². The fourth-order valence-electron chi connectivity index (χ4n) is 1.65. The third-order valence-corrected chi connectivity index (χ3v) is 2.74. The first-order valence-electron chi connectivity index (χ1n) is 4.37. The zero-order chi connectivity index (χ0) is 10.1. The standard InChI is InChI=1S/C11H8BClO/c1-7-8-4-2-3-5-10(8)12-11(13)9(7)6-14/h2-6H,1H3. The molecule has 14 heavy (non-hydrogen) atoms. The van der Waals surface area contributed by atoms with Crippen LogP contribution in [-0.4, -0.2) is 13.2 Å². The van der Waals surface area contributed by atoms with E-state index in [-0.39, 0.29) is 0 Å². The number of fused-ring (bicyclic) bond motifs is 1. The van der Waals surface area contributed by atoms with Gasteiger partial charge in [-0.2, -0.15) is 0 Å². The van der Waals surface area contributed by atoms with Crippen molar-refractivity contribution in [1.29, 1.82) is 0 Å². The van der Waals surface area contributed by atoms with E-state index in [1.807, 2.05) is 38.1 Å². The number of aldehydes is 1. The van der Waals surface area contributed by atoms with Crippen LogP contribution in [0, 0.1) is 6.92 Å². The predicted molar refractivity (Wildman–Crippen MR) is 60.4 cm³/mol. The molecule has 0 radical (unpaired) electrons. The van der Waals surface area contributed by atoms with Crippen LogP contribution in [0.5, 0.6) is 0 Å². The van der Waals surface area contributed by atoms with Crippen LogP contribution in [0.15, 0.2) is 24.3 Å². The molecule has 1 nitrogen and oxygen atoms in total. The van der Waals surface area contributed by atoms with Crippen molar-refractivity contribution >= 4 is 35.5 Å². The molecule has 0 fully saturated rings. The molecule has 68 valence electrons. The van der Waals surface area contributed by atoms with Crippen LogP contribution >= 0.6 is 11.6 Å². The fourth-order valence-corrected chi connectivity index (χ4v) is 1.95. The molecule has 1 aromatic heterocycles. The molecule has 0 N–H and O–H groups in total. The second-order valence-electron chi connectivity index (χ2n) is 3.24. The van der Waals surface area contributed by atoms with Gasteiger partial charge in [-0.25, -0.2) is 0 Å². The van der Waals surface area contributed by atoms with Crippen molar-refractivity contribution in [1.82, 2.24) is 0 Å². The van der Waals surface area contributed by atoms with E-state index in [0.717, 1.165) is 22.5 Å². The van der Waals surface area contributed by atoms with Gasteiger partial charge in [0.05, 0.1) is 0 Å². The van der Waals surface area contributed by atoms with Gasteiger partial charge in [0.25, 0.3) is 0 Å². The van der Waals surface area contributed by atoms with Crippen LogP contribution in [0.1, 0.15) is 15.9 Å². The van der Waals surface area contributed by atoms with Gasteiger partial charge in [-0.05, 0) is 0 Å². The van der Waals surface area contributed by atoms with Gasteiger partial charge in [0.15, 0.2) is 0 Å². The molecule has 0 bridgehead atoms. The van der Waals surface area contributed by atoms with Crippen molar-refractivity contribution in [3.8, 4) is 0 Å². The average Bonchev–Trinajstić information content (AvgIpc) is 2.18. The summed E-state index contributed by atoms with van der Waals surface area (Å²) >= 11 is 5.98. The zero-order valence-corrected chi connectivity index (χ0v) is 8.51. The summed E-state index contributed by atoms with van der Waals surface area (Å²) in [6.07, 6.45) is 0.810. The molecule has 0 amide bonds. The Balaban J connectivity index is 2.92. The molecule has 0 atom stereocenters. The number of rotatable bonds is 1. The van der Waals surface area contributed by atoms with Crippen LogP contribution in [0.3, 0.4) is 0 Å². The molecule has 3 heteroatoms. The van der Waals surface area contributed by atoms with Gasteiger partial charge in [0, 0.05) is 0 Å². The van der Waals surface area contributed by atoms with Crippen LogP contribution in [0.25, 0.3) is 10.7 Å². The van der Waals surface area contributed by atoms with E-state index in [0.29, 0.717) is 10.5 Å². The Hall–Kier alpha value is -1.15. The van der Waals surface area contributed by atoms with Gasteiger partial charge in [-0.3, -0.25) is 0 Å². The van der Waals surface area contributed by atoms with Gasteiger partial charge in [0.2, 0.25) is 0 Å². The van der Waals surface area contributed by atoms with E-state index < -0.39 is 0 Å². The minimum atomic E-state index is 0.524. The number of hydrogen-bond donors (Lipinski definition) is 0. The molecule has 0 unspecified atom stereocenters. The first-order chi connectivity index (χ1) is 6.74. The summed E-state index contributed by atoms with van der Waals surface area (Å²) < 4.78 is 0. The van der Waals surface area contributed by atoms with Crippen LogP contribution < -0.4 is 0 Å². The summed E-state index contributed by atoms with van der Waals surface area (Å²) in [6, 6.07) is 7.90. The van der Waals surface area contributed by atoms with Gasteiger partial charge in [-0.15, -0.1) is 0 Å². The molecule has 0 spiro atoms. The zero-order valence-electron chi connectivity index (χ0n) is 7.75. The predicted octanol–water partition coefficient (Wildman–Crippen LogP) is 2.95. The number of carbonyl (C=O) groups excluding carboxylic acids is 1. The Labute approximate surface area is 87.9 Å². The van der Waals surface area contributed by atoms with Gasteiger partial charge in [0.1, 0.15) is 0 Å². The van der Waals surface area contributed by atoms with Crippen molar-refractivity contribution in [2.75, 3.05) is 0 Å². The maximum atomic E-state index is 10.8. The topological polar surface area (TPSA) is 17.1 Å². The van der Waals surface area contributed by atoms with Crippen LogP contribution in [0.4, 0.5) is 0 Å². The molecular weight excluding hydrogens is 194 g/mol. The summed E-state index contributed by atoms with van der Waals surface area (Å²) in [5, 5.41) is 2.15. The fraction of sp³-hybridized carbons (Fsp3) is 0.0909. The monoisotopic (exact) mass is 202 g/mol. The summed E-state index contributed by atoms with van der Waals surface area (Å²) in [5.74, 6) is 0. The Morgan fingerprint density at radius 2 is 2.07 bits per heavy atom. The summed E-state index contributed by atoms with van der Waals surface area (Å²) in [7, 11) is 0. The Morgan fingerprint density at radius 3 is 2.79 bits per heavy atom. The first-order valence-corrected chi connectivity index (χ1v) is 4.75. The second kappa shape index (κ2) is 3.54. The van der Waals surface area contributed by atoms with Crippen molar-refractivity contribution in [2.45, 2.75) is 6.92 Å². The molecule has 0 aliphatic carbocycles. The van der Waals surface area contributed by atoms with Crippen LogP contribution in [0.2, 0.25) is 4.92 Å². The molecule has 1 aromatic carbocycles. The Morgan fingerprint density at radius 1 is 1.36 bits per heavy atom. The summed E-state index contributed by atoms with van der Waals surface area (Å²) in [4.78, 5) is 11.3. The number of benzene rings is 1. The van der Waals surface area contributed by atoms with Crippen molar-refractivity contribution in [3.63, 3.8) is 0 Å². The third kappa shape index (κ3) is 1.36. The molecule has 0 saturated carbocycles. The molecule has 0 saturated heterocycles. The molecule has 0 aliphatic heterocycles. The second-order valence-corrected chi connectivity index (χ2v) is 3.64. The maximum absolute atomic E-state index is 10.8. The number of aryl methyl sites for hydroxylation is 1. The average molecular weight is 202 g/mol. The van der Waals surface area contributed by atoms with E-state index in [1.165, 1.54) is 0 Å². The van der Waals surface area contributed by atoms with E-state index >= 15 is 0 Å². The molecular formula is C11H8BClO. The van der Waals surface area contributed by atoms with Crippen LogP contribution in [-0.2, 0) is 0 Å². The summed E-state index contributed by atoms with van der Waals surface area (Å²) in [5.41, 5.74) is 1.54. The van der Waals surface area contributed by atoms with E-state index in [4.69, 9.17) is 11.6 Å². The van der Waals surface area contributed by atoms with Crippen molar-refractivity contribution < 1.29 is 4.79 Å². The third-order valence-electron chi connectivity index (χ3n) is 2.43. The molecule has 2 aromatic rings. The molecule has 0 aliphatic rings. The van der Waals surface area contributed by atoms with Gasteiger partial charge in [-0.1, -0.05) is 0 Å². The molecule has 2 rings (SSSR count). The minimum absolute atomic E-state index is 0.524. The SMILES string of the molecule is Cc1c(C=O)c(Cl)bc2ccccc12. The first kappa shape index (κ1) is 9.41. The Bertz CT molecular complexity index is 508. The number of hydrogen-bond acceptors (Lipinski definition) is 1. The summed E-state index contributed by atoms with van der Waals surface area (Å²) in [6.45, 7) is 3.74. The molecule has 1 heterocycles. The normalized spacial score (nSPS) is 10.1. The van der Waals surface area contributed by atoms with Gasteiger partial charge < -0.3 is 0 Å². The Kier molecular flexibility index (Phi) is 2.38. The van der Waals surface area contributed by atoms with Crippen molar-refractivity contribution in [2.24, 2.45) is 0 Å². The van der Waals surface area contributed by atoms with Gasteiger partial charge >= 0.3 is 87.5 Å². The number of carbonyl (C=O) groups is 1. The van der Waals surface area contributed by atoms with E-state index in [2.05, 4.69) is 0 Å². The van der Waals surface area contributed by atoms with E-state index in [1.54, 1.807) is 0 Å². The quantitative estimate of drug-likeness (QED) is 0.650. The van der Waals surface area contributed by atoms with E-state index in [9.17, 15) is 4.79 Å². The number of halogens is 1.